The molecule has 0 spiro atoms. The highest BCUT2D eigenvalue weighted by Crippen LogP contribution is 2.45. The van der Waals surface area contributed by atoms with E-state index in [4.69, 9.17) is 18.9 Å². The summed E-state index contributed by atoms with van der Waals surface area (Å²) in [6.07, 6.45) is -0.941. The van der Waals surface area contributed by atoms with Crippen LogP contribution in [0.25, 0.3) is 0 Å². The van der Waals surface area contributed by atoms with Gasteiger partial charge < -0.3 is 24.3 Å². The number of ether oxygens (including phenoxy) is 4. The van der Waals surface area contributed by atoms with Crippen molar-refractivity contribution >= 4 is 21.6 Å². The normalized spacial score (nSPS) is 17.5. The average Bonchev–Trinajstić information content (AvgIpc) is 2.95. The van der Waals surface area contributed by atoms with Crippen LogP contribution >= 0.6 is 15.9 Å². The Morgan fingerprint density at radius 1 is 0.875 bits per heavy atom. The van der Waals surface area contributed by atoms with Crippen molar-refractivity contribution in [1.29, 1.82) is 0 Å². The molecule has 5 rings (SSSR count). The summed E-state index contributed by atoms with van der Waals surface area (Å²) in [5, 5.41) is 3.50. The van der Waals surface area contributed by atoms with E-state index in [1.165, 1.54) is 6.07 Å². The molecule has 1 aliphatic heterocycles. The third-order valence-electron chi connectivity index (χ3n) is 7.01. The summed E-state index contributed by atoms with van der Waals surface area (Å²) in [5.41, 5.74) is 3.75. The van der Waals surface area contributed by atoms with Crippen LogP contribution in [0.15, 0.2) is 95.5 Å². The van der Waals surface area contributed by atoms with Gasteiger partial charge in [0.05, 0.1) is 20.3 Å². The van der Waals surface area contributed by atoms with Gasteiger partial charge in [0, 0.05) is 27.8 Å². The van der Waals surface area contributed by atoms with Crippen molar-refractivity contribution in [2.45, 2.75) is 51.4 Å². The molecule has 1 aliphatic rings. The minimum Gasteiger partial charge on any atom is -0.497 e. The van der Waals surface area contributed by atoms with E-state index < -0.39 is 17.8 Å². The summed E-state index contributed by atoms with van der Waals surface area (Å²) in [6.45, 7) is 5.09. The number of halogens is 2. The number of nitrogens with one attached hydrogen (secondary N) is 1. The van der Waals surface area contributed by atoms with Crippen molar-refractivity contribution in [2.75, 3.05) is 12.4 Å². The lowest BCUT2D eigenvalue weighted by Crippen LogP contribution is -2.51. The van der Waals surface area contributed by atoms with E-state index in [2.05, 4.69) is 27.3 Å². The van der Waals surface area contributed by atoms with Gasteiger partial charge in [-0.25, -0.2) is 4.39 Å². The average molecular weight is 607 g/mol. The largest absolute Gasteiger partial charge is 0.497 e. The molecule has 0 amide bonds. The lowest BCUT2D eigenvalue weighted by atomic mass is 9.87. The number of hydrogen-bond donors (Lipinski definition) is 1. The zero-order chi connectivity index (χ0) is 28.1. The fourth-order valence-electron chi connectivity index (χ4n) is 4.83. The highest BCUT2D eigenvalue weighted by molar-refractivity contribution is 9.10. The van der Waals surface area contributed by atoms with E-state index in [1.807, 2.05) is 86.6 Å². The first-order valence-electron chi connectivity index (χ1n) is 13.2. The van der Waals surface area contributed by atoms with Crippen molar-refractivity contribution in [3.8, 4) is 11.5 Å². The van der Waals surface area contributed by atoms with Gasteiger partial charge in [-0.1, -0.05) is 64.5 Å². The maximum Gasteiger partial charge on any atom is 0.132 e. The van der Waals surface area contributed by atoms with Gasteiger partial charge in [0.15, 0.2) is 0 Å². The van der Waals surface area contributed by atoms with Crippen LogP contribution in [0.1, 0.15) is 42.2 Å². The van der Waals surface area contributed by atoms with Crippen molar-refractivity contribution in [1.82, 2.24) is 0 Å². The second kappa shape index (κ2) is 12.4. The van der Waals surface area contributed by atoms with Gasteiger partial charge in [-0.15, -0.1) is 0 Å². The monoisotopic (exact) mass is 605 g/mol. The molecule has 0 bridgehead atoms. The van der Waals surface area contributed by atoms with E-state index in [0.29, 0.717) is 23.2 Å². The maximum absolute atomic E-state index is 14.6. The van der Waals surface area contributed by atoms with Gasteiger partial charge in [0.25, 0.3) is 0 Å². The Morgan fingerprint density at radius 2 is 1.65 bits per heavy atom. The third kappa shape index (κ3) is 6.66. The van der Waals surface area contributed by atoms with Crippen molar-refractivity contribution in [2.24, 2.45) is 0 Å². The van der Waals surface area contributed by atoms with Crippen LogP contribution in [0.4, 0.5) is 10.1 Å². The van der Waals surface area contributed by atoms with Crippen molar-refractivity contribution < 1.29 is 23.3 Å². The van der Waals surface area contributed by atoms with Gasteiger partial charge in [0.2, 0.25) is 0 Å². The van der Waals surface area contributed by atoms with Crippen LogP contribution in [-0.4, -0.2) is 18.8 Å². The molecule has 0 aliphatic carbocycles. The van der Waals surface area contributed by atoms with E-state index in [1.54, 1.807) is 13.2 Å². The second-order valence-corrected chi connectivity index (χ2v) is 11.3. The number of benzene rings is 4. The van der Waals surface area contributed by atoms with Crippen molar-refractivity contribution in [3.63, 3.8) is 0 Å². The van der Waals surface area contributed by atoms with Crippen LogP contribution in [0.5, 0.6) is 11.5 Å². The lowest BCUT2D eigenvalue weighted by molar-refractivity contribution is -0.171. The Hall–Kier alpha value is -3.39. The first-order valence-corrected chi connectivity index (χ1v) is 14.0. The number of rotatable bonds is 10. The Bertz CT molecular complexity index is 1430. The van der Waals surface area contributed by atoms with E-state index in [0.717, 1.165) is 33.9 Å². The minimum absolute atomic E-state index is 0.0898. The van der Waals surface area contributed by atoms with Crippen LogP contribution in [0.2, 0.25) is 0 Å². The summed E-state index contributed by atoms with van der Waals surface area (Å²) in [5.74, 6) is 1.24. The molecule has 2 atom stereocenters. The van der Waals surface area contributed by atoms with Crippen LogP contribution in [-0.2, 0) is 29.2 Å². The summed E-state index contributed by atoms with van der Waals surface area (Å²) in [7, 11) is 1.66. The van der Waals surface area contributed by atoms with Crippen LogP contribution in [0, 0.1) is 5.82 Å². The molecule has 0 radical (unpaired) electrons. The third-order valence-corrected chi connectivity index (χ3v) is 7.50. The second-order valence-electron chi connectivity index (χ2n) is 10.3. The molecule has 7 heteroatoms. The standard InChI is InChI=1S/C33H33BrFNO4/c1-33(2)32(39-21-24-11-12-25(34)17-29(24)35)31(38-20-23-7-5-4-6-8-23)28-18-26(13-16-30(28)40-33)36-19-22-9-14-27(37-3)15-10-22/h4-18,31-32,36H,19-21H2,1-3H3. The van der Waals surface area contributed by atoms with Crippen molar-refractivity contribution in [3.05, 3.63) is 124 Å². The summed E-state index contributed by atoms with van der Waals surface area (Å²) in [4.78, 5) is 0. The number of fused-ring (bicyclic) bond motifs is 1. The molecule has 0 saturated carbocycles. The van der Waals surface area contributed by atoms with Crippen LogP contribution < -0.4 is 14.8 Å². The lowest BCUT2D eigenvalue weighted by Gasteiger charge is -2.44. The molecule has 2 unspecified atom stereocenters. The Morgan fingerprint density at radius 3 is 2.38 bits per heavy atom. The molecule has 0 aromatic heterocycles. The molecular formula is C33H33BrFNO4. The topological polar surface area (TPSA) is 49.0 Å². The predicted octanol–water partition coefficient (Wildman–Crippen LogP) is 8.22. The summed E-state index contributed by atoms with van der Waals surface area (Å²) in [6, 6.07) is 29.0. The molecule has 1 N–H and O–H groups in total. The van der Waals surface area contributed by atoms with Crippen LogP contribution in [0.3, 0.4) is 0 Å². The van der Waals surface area contributed by atoms with E-state index >= 15 is 0 Å². The quantitative estimate of drug-likeness (QED) is 0.197. The van der Waals surface area contributed by atoms with E-state index in [-0.39, 0.29) is 12.4 Å². The fourth-order valence-corrected chi connectivity index (χ4v) is 5.17. The molecule has 0 fully saturated rings. The Labute approximate surface area is 243 Å². The molecule has 4 aromatic carbocycles. The maximum atomic E-state index is 14.6. The molecule has 1 heterocycles. The number of anilines is 1. The number of methoxy groups -OCH3 is 1. The van der Waals surface area contributed by atoms with Gasteiger partial charge in [-0.2, -0.15) is 0 Å². The number of hydrogen-bond acceptors (Lipinski definition) is 5. The molecular weight excluding hydrogens is 573 g/mol. The SMILES string of the molecule is COc1ccc(CNc2ccc3c(c2)C(OCc2ccccc2)C(OCc2ccc(Br)cc2F)C(C)(C)O3)cc1. The Balaban J connectivity index is 1.41. The van der Waals surface area contributed by atoms with Gasteiger partial charge in [0.1, 0.15) is 35.1 Å². The zero-order valence-corrected chi connectivity index (χ0v) is 24.4. The van der Waals surface area contributed by atoms with Gasteiger partial charge in [-0.3, -0.25) is 0 Å². The first kappa shape index (κ1) is 28.1. The molecule has 0 saturated heterocycles. The summed E-state index contributed by atoms with van der Waals surface area (Å²) >= 11 is 3.32. The zero-order valence-electron chi connectivity index (χ0n) is 22.8. The van der Waals surface area contributed by atoms with Gasteiger partial charge >= 0.3 is 0 Å². The molecule has 40 heavy (non-hydrogen) atoms. The summed E-state index contributed by atoms with van der Waals surface area (Å²) < 4.78 is 40.0. The highest BCUT2D eigenvalue weighted by Gasteiger charge is 2.46. The smallest absolute Gasteiger partial charge is 0.132 e. The first-order chi connectivity index (χ1) is 19.3. The fraction of sp³-hybridized carbons (Fsp3) is 0.273. The molecule has 4 aromatic rings. The molecule has 5 nitrogen and oxygen atoms in total. The Kier molecular flexibility index (Phi) is 8.74. The highest BCUT2D eigenvalue weighted by atomic mass is 79.9. The van der Waals surface area contributed by atoms with Gasteiger partial charge in [-0.05, 0) is 67.4 Å². The minimum atomic E-state index is -0.724. The molecule has 208 valence electrons. The van der Waals surface area contributed by atoms with E-state index in [9.17, 15) is 4.39 Å². The predicted molar refractivity (Wildman–Crippen MR) is 158 cm³/mol.